The summed E-state index contributed by atoms with van der Waals surface area (Å²) >= 11 is 0. The largest absolute Gasteiger partial charge is 0.151 e. The highest BCUT2D eigenvalue weighted by Crippen LogP contribution is 2.11. The quantitative estimate of drug-likeness (QED) is 0.520. The molecule has 0 saturated carbocycles. The molecule has 11 heavy (non-hydrogen) atoms. The van der Waals surface area contributed by atoms with Crippen molar-refractivity contribution < 1.29 is 0 Å². The monoisotopic (exact) mass is 157 g/mol. The van der Waals surface area contributed by atoms with Crippen LogP contribution in [0.5, 0.6) is 0 Å². The third kappa shape index (κ3) is 6.02. The topological polar surface area (TPSA) is 29.4 Å². The van der Waals surface area contributed by atoms with Crippen molar-refractivity contribution in [1.29, 1.82) is 0 Å². The van der Waals surface area contributed by atoms with E-state index >= 15 is 0 Å². The van der Waals surface area contributed by atoms with E-state index in [0.29, 0.717) is 0 Å². The molecule has 0 atom stereocenters. The standard InChI is InChI=1S/C9H19NO/c1-3-5-7-9(10-11)8-6-4-2/h9H,3-8H2,1-2H3. The van der Waals surface area contributed by atoms with Crippen LogP contribution in [0.4, 0.5) is 0 Å². The number of nitroso groups, excluding NO2 is 1. The molecule has 0 bridgehead atoms. The van der Waals surface area contributed by atoms with Crippen LogP contribution < -0.4 is 0 Å². The predicted octanol–water partition coefficient (Wildman–Crippen LogP) is 3.50. The average Bonchev–Trinajstić information content (AvgIpc) is 2.05. The molecule has 0 aliphatic carbocycles. The van der Waals surface area contributed by atoms with Crippen molar-refractivity contribution in [1.82, 2.24) is 0 Å². The van der Waals surface area contributed by atoms with Crippen LogP contribution in [0.3, 0.4) is 0 Å². The van der Waals surface area contributed by atoms with Crippen LogP contribution in [0.25, 0.3) is 0 Å². The first kappa shape index (κ1) is 10.6. The molecule has 0 aliphatic heterocycles. The molecule has 0 saturated heterocycles. The first-order valence-corrected chi connectivity index (χ1v) is 4.67. The lowest BCUT2D eigenvalue weighted by Crippen LogP contribution is -2.02. The molecule has 0 aromatic heterocycles. The minimum absolute atomic E-state index is 0.0925. The second-order valence-electron chi connectivity index (χ2n) is 3.04. The Labute approximate surface area is 69.4 Å². The van der Waals surface area contributed by atoms with Gasteiger partial charge in [-0.1, -0.05) is 44.7 Å². The molecule has 2 heteroatoms. The van der Waals surface area contributed by atoms with Gasteiger partial charge < -0.3 is 0 Å². The Morgan fingerprint density at radius 3 is 1.82 bits per heavy atom. The maximum atomic E-state index is 10.3. The van der Waals surface area contributed by atoms with E-state index < -0.39 is 0 Å². The van der Waals surface area contributed by atoms with E-state index in [1.165, 1.54) is 0 Å². The second-order valence-corrected chi connectivity index (χ2v) is 3.04. The SMILES string of the molecule is CCCCC(CCCC)N=O. The van der Waals surface area contributed by atoms with Gasteiger partial charge in [0.05, 0.1) is 6.04 Å². The molecule has 0 heterocycles. The molecular weight excluding hydrogens is 138 g/mol. The Kier molecular flexibility index (Phi) is 7.42. The predicted molar refractivity (Wildman–Crippen MR) is 48.6 cm³/mol. The summed E-state index contributed by atoms with van der Waals surface area (Å²) in [5, 5.41) is 3.11. The molecule has 0 aliphatic rings. The molecular formula is C9H19NO. The fourth-order valence-corrected chi connectivity index (χ4v) is 1.13. The van der Waals surface area contributed by atoms with Gasteiger partial charge >= 0.3 is 0 Å². The normalized spacial score (nSPS) is 10.5. The molecule has 0 unspecified atom stereocenters. The number of hydrogen-bond donors (Lipinski definition) is 0. The summed E-state index contributed by atoms with van der Waals surface area (Å²) in [7, 11) is 0. The molecule has 0 radical (unpaired) electrons. The zero-order valence-electron chi connectivity index (χ0n) is 7.68. The first-order chi connectivity index (χ1) is 5.35. The summed E-state index contributed by atoms with van der Waals surface area (Å²) < 4.78 is 0. The second kappa shape index (κ2) is 7.70. The molecule has 0 rings (SSSR count). The highest BCUT2D eigenvalue weighted by atomic mass is 16.3. The van der Waals surface area contributed by atoms with Gasteiger partial charge in [0.2, 0.25) is 0 Å². The number of nitrogens with zero attached hydrogens (tertiary/aromatic N) is 1. The van der Waals surface area contributed by atoms with Gasteiger partial charge in [0.15, 0.2) is 0 Å². The molecule has 0 aromatic carbocycles. The van der Waals surface area contributed by atoms with Crippen molar-refractivity contribution in [3.05, 3.63) is 4.91 Å². The van der Waals surface area contributed by atoms with Crippen LogP contribution >= 0.6 is 0 Å². The van der Waals surface area contributed by atoms with Gasteiger partial charge in [0, 0.05) is 0 Å². The van der Waals surface area contributed by atoms with E-state index in [1.807, 2.05) is 0 Å². The highest BCUT2D eigenvalue weighted by Gasteiger charge is 2.05. The van der Waals surface area contributed by atoms with Crippen molar-refractivity contribution in [2.75, 3.05) is 0 Å². The average molecular weight is 157 g/mol. The van der Waals surface area contributed by atoms with Crippen LogP contribution in [0.1, 0.15) is 52.4 Å². The number of hydrogen-bond acceptors (Lipinski definition) is 2. The maximum absolute atomic E-state index is 10.3. The summed E-state index contributed by atoms with van der Waals surface area (Å²) in [6, 6.07) is 0.0925. The summed E-state index contributed by atoms with van der Waals surface area (Å²) in [5.41, 5.74) is 0. The van der Waals surface area contributed by atoms with Crippen molar-refractivity contribution in [2.45, 2.75) is 58.4 Å². The van der Waals surface area contributed by atoms with E-state index in [1.54, 1.807) is 0 Å². The van der Waals surface area contributed by atoms with Crippen LogP contribution in [0.15, 0.2) is 5.18 Å². The fourth-order valence-electron chi connectivity index (χ4n) is 1.13. The van der Waals surface area contributed by atoms with Gasteiger partial charge in [0.1, 0.15) is 0 Å². The summed E-state index contributed by atoms with van der Waals surface area (Å²) in [5.74, 6) is 0. The van der Waals surface area contributed by atoms with Gasteiger partial charge in [-0.15, -0.1) is 0 Å². The van der Waals surface area contributed by atoms with Crippen LogP contribution in [-0.4, -0.2) is 6.04 Å². The third-order valence-corrected chi connectivity index (χ3v) is 1.93. The van der Waals surface area contributed by atoms with Crippen molar-refractivity contribution in [3.8, 4) is 0 Å². The Bertz CT molecular complexity index is 85.6. The van der Waals surface area contributed by atoms with Gasteiger partial charge in [-0.25, -0.2) is 0 Å². The minimum atomic E-state index is 0.0925. The van der Waals surface area contributed by atoms with Crippen molar-refractivity contribution >= 4 is 0 Å². The zero-order chi connectivity index (χ0) is 8.53. The van der Waals surface area contributed by atoms with Gasteiger partial charge in [-0.2, -0.15) is 4.91 Å². The molecule has 0 spiro atoms. The molecule has 0 amide bonds. The van der Waals surface area contributed by atoms with Crippen molar-refractivity contribution in [2.24, 2.45) is 5.18 Å². The summed E-state index contributed by atoms with van der Waals surface area (Å²) in [6.45, 7) is 4.28. The fraction of sp³-hybridized carbons (Fsp3) is 1.00. The summed E-state index contributed by atoms with van der Waals surface area (Å²) in [4.78, 5) is 10.3. The molecule has 66 valence electrons. The number of unbranched alkanes of at least 4 members (excludes halogenated alkanes) is 2. The Balaban J connectivity index is 3.33. The zero-order valence-corrected chi connectivity index (χ0v) is 7.68. The van der Waals surface area contributed by atoms with Gasteiger partial charge in [-0.05, 0) is 12.8 Å². The third-order valence-electron chi connectivity index (χ3n) is 1.93. The summed E-state index contributed by atoms with van der Waals surface area (Å²) in [6.07, 6.45) is 6.58. The Morgan fingerprint density at radius 2 is 1.55 bits per heavy atom. The van der Waals surface area contributed by atoms with E-state index in [0.717, 1.165) is 38.5 Å². The lowest BCUT2D eigenvalue weighted by atomic mass is 10.1. The van der Waals surface area contributed by atoms with Crippen LogP contribution in [-0.2, 0) is 0 Å². The Morgan fingerprint density at radius 1 is 1.09 bits per heavy atom. The Hall–Kier alpha value is -0.400. The lowest BCUT2D eigenvalue weighted by Gasteiger charge is -2.05. The molecule has 0 aromatic rings. The molecule has 0 N–H and O–H groups in total. The van der Waals surface area contributed by atoms with E-state index in [2.05, 4.69) is 19.0 Å². The van der Waals surface area contributed by atoms with Crippen molar-refractivity contribution in [3.63, 3.8) is 0 Å². The smallest absolute Gasteiger partial charge is 0.0919 e. The lowest BCUT2D eigenvalue weighted by molar-refractivity contribution is 0.519. The van der Waals surface area contributed by atoms with E-state index in [4.69, 9.17) is 0 Å². The van der Waals surface area contributed by atoms with Gasteiger partial charge in [-0.3, -0.25) is 0 Å². The number of rotatable bonds is 7. The van der Waals surface area contributed by atoms with Crippen LogP contribution in [0, 0.1) is 4.91 Å². The van der Waals surface area contributed by atoms with Crippen LogP contribution in [0.2, 0.25) is 0 Å². The first-order valence-electron chi connectivity index (χ1n) is 4.67. The minimum Gasteiger partial charge on any atom is -0.151 e. The van der Waals surface area contributed by atoms with E-state index in [-0.39, 0.29) is 6.04 Å². The van der Waals surface area contributed by atoms with Gasteiger partial charge in [0.25, 0.3) is 0 Å². The maximum Gasteiger partial charge on any atom is 0.0919 e. The molecule has 2 nitrogen and oxygen atoms in total. The van der Waals surface area contributed by atoms with E-state index in [9.17, 15) is 4.91 Å². The highest BCUT2D eigenvalue weighted by molar-refractivity contribution is 4.64. The molecule has 0 fully saturated rings.